The third kappa shape index (κ3) is 2.68. The van der Waals surface area contributed by atoms with Crippen molar-refractivity contribution in [2.75, 3.05) is 24.1 Å². The molecule has 2 aliphatic rings. The molecule has 1 aromatic carbocycles. The molecule has 0 spiro atoms. The summed E-state index contributed by atoms with van der Waals surface area (Å²) in [7, 11) is 0. The number of nitrogen functional groups attached to an aromatic ring is 1. The molecule has 1 aromatic rings. The first-order valence-corrected chi connectivity index (χ1v) is 7.39. The van der Waals surface area contributed by atoms with Crippen LogP contribution < -0.4 is 11.1 Å². The number of rotatable bonds is 3. The summed E-state index contributed by atoms with van der Waals surface area (Å²) in [5.41, 5.74) is 6.26. The average Bonchev–Trinajstić information content (AvgIpc) is 2.85. The van der Waals surface area contributed by atoms with Gasteiger partial charge in [-0.1, -0.05) is 6.42 Å². The molecule has 0 radical (unpaired) electrons. The van der Waals surface area contributed by atoms with Gasteiger partial charge in [-0.15, -0.1) is 0 Å². The zero-order chi connectivity index (χ0) is 15.0. The number of carboxylic acids is 1. The molecule has 2 aliphatic heterocycles. The van der Waals surface area contributed by atoms with E-state index in [-0.39, 0.29) is 17.3 Å². The van der Waals surface area contributed by atoms with Gasteiger partial charge >= 0.3 is 5.97 Å². The van der Waals surface area contributed by atoms with Gasteiger partial charge in [-0.25, -0.2) is 9.18 Å². The second-order valence-corrected chi connectivity index (χ2v) is 5.86. The van der Waals surface area contributed by atoms with E-state index < -0.39 is 11.8 Å². The summed E-state index contributed by atoms with van der Waals surface area (Å²) >= 11 is 0. The molecular formula is C15H20FN3O2. The minimum atomic E-state index is -1.30. The van der Waals surface area contributed by atoms with E-state index in [4.69, 9.17) is 10.8 Å². The fourth-order valence-electron chi connectivity index (χ4n) is 3.49. The molecule has 0 aliphatic carbocycles. The van der Waals surface area contributed by atoms with Crippen molar-refractivity contribution in [1.82, 2.24) is 4.90 Å². The Bertz CT molecular complexity index is 564. The molecule has 6 heteroatoms. The molecule has 21 heavy (non-hydrogen) atoms. The lowest BCUT2D eigenvalue weighted by Crippen LogP contribution is -2.41. The number of nitrogens with one attached hydrogen (secondary N) is 1. The third-order valence-electron chi connectivity index (χ3n) is 4.57. The summed E-state index contributed by atoms with van der Waals surface area (Å²) in [5.74, 6) is -2.05. The van der Waals surface area contributed by atoms with Crippen LogP contribution in [-0.4, -0.2) is 41.1 Å². The first-order chi connectivity index (χ1) is 10.1. The lowest BCUT2D eigenvalue weighted by atomic mass is 9.98. The first kappa shape index (κ1) is 14.1. The molecule has 0 bridgehead atoms. The van der Waals surface area contributed by atoms with E-state index >= 15 is 0 Å². The molecule has 3 rings (SSSR count). The second kappa shape index (κ2) is 5.52. The van der Waals surface area contributed by atoms with Gasteiger partial charge in [0.1, 0.15) is 5.82 Å². The zero-order valence-electron chi connectivity index (χ0n) is 11.8. The monoisotopic (exact) mass is 293 g/mol. The SMILES string of the molecule is Nc1cc(C(=O)O)c(F)cc1NC1CCN2CCCCC12. The van der Waals surface area contributed by atoms with Gasteiger partial charge in [0.15, 0.2) is 0 Å². The highest BCUT2D eigenvalue weighted by Crippen LogP contribution is 2.31. The minimum Gasteiger partial charge on any atom is -0.478 e. The highest BCUT2D eigenvalue weighted by Gasteiger charge is 2.35. The first-order valence-electron chi connectivity index (χ1n) is 7.39. The largest absolute Gasteiger partial charge is 0.478 e. The quantitative estimate of drug-likeness (QED) is 0.744. The van der Waals surface area contributed by atoms with Crippen LogP contribution in [0.2, 0.25) is 0 Å². The number of aromatic carboxylic acids is 1. The van der Waals surface area contributed by atoms with E-state index in [1.54, 1.807) is 0 Å². The predicted molar refractivity (Wildman–Crippen MR) is 79.0 cm³/mol. The number of carboxylic acid groups (broad SMARTS) is 1. The minimum absolute atomic E-state index is 0.252. The lowest BCUT2D eigenvalue weighted by molar-refractivity contribution is 0.0692. The highest BCUT2D eigenvalue weighted by molar-refractivity contribution is 5.90. The van der Waals surface area contributed by atoms with Gasteiger partial charge in [0.05, 0.1) is 16.9 Å². The lowest BCUT2D eigenvalue weighted by Gasteiger charge is -2.33. The maximum atomic E-state index is 13.8. The van der Waals surface area contributed by atoms with Crippen molar-refractivity contribution in [2.24, 2.45) is 0 Å². The smallest absolute Gasteiger partial charge is 0.338 e. The molecule has 0 amide bonds. The van der Waals surface area contributed by atoms with Crippen LogP contribution in [0.25, 0.3) is 0 Å². The summed E-state index contributed by atoms with van der Waals surface area (Å²) in [6.07, 6.45) is 4.62. The average molecular weight is 293 g/mol. The van der Waals surface area contributed by atoms with Crippen LogP contribution in [0.4, 0.5) is 15.8 Å². The number of anilines is 2. The van der Waals surface area contributed by atoms with Gasteiger partial charge in [-0.2, -0.15) is 0 Å². The zero-order valence-corrected chi connectivity index (χ0v) is 11.8. The van der Waals surface area contributed by atoms with Crippen molar-refractivity contribution in [2.45, 2.75) is 37.8 Å². The van der Waals surface area contributed by atoms with Crippen LogP contribution in [0, 0.1) is 5.82 Å². The molecular weight excluding hydrogens is 273 g/mol. The standard InChI is InChI=1S/C15H20FN3O2/c16-10-8-13(11(17)7-9(10)15(20)21)18-12-4-6-19-5-2-1-3-14(12)19/h7-8,12,14,18H,1-6,17H2,(H,20,21). The Morgan fingerprint density at radius 1 is 1.33 bits per heavy atom. The molecule has 0 aromatic heterocycles. The van der Waals surface area contributed by atoms with Crippen LogP contribution in [-0.2, 0) is 0 Å². The van der Waals surface area contributed by atoms with Gasteiger partial charge in [-0.3, -0.25) is 4.90 Å². The van der Waals surface area contributed by atoms with Gasteiger partial charge < -0.3 is 16.2 Å². The van der Waals surface area contributed by atoms with Crippen molar-refractivity contribution in [1.29, 1.82) is 0 Å². The summed E-state index contributed by atoms with van der Waals surface area (Å²) in [6.45, 7) is 2.18. The molecule has 2 heterocycles. The van der Waals surface area contributed by atoms with Gasteiger partial charge in [-0.05, 0) is 37.9 Å². The third-order valence-corrected chi connectivity index (χ3v) is 4.57. The van der Waals surface area contributed by atoms with Crippen LogP contribution in [0.3, 0.4) is 0 Å². The van der Waals surface area contributed by atoms with Crippen molar-refractivity contribution in [3.8, 4) is 0 Å². The van der Waals surface area contributed by atoms with Crippen molar-refractivity contribution >= 4 is 17.3 Å². The van der Waals surface area contributed by atoms with Gasteiger partial charge in [0, 0.05) is 18.6 Å². The molecule has 2 fully saturated rings. The van der Waals surface area contributed by atoms with Crippen LogP contribution in [0.15, 0.2) is 12.1 Å². The van der Waals surface area contributed by atoms with Crippen LogP contribution >= 0.6 is 0 Å². The maximum Gasteiger partial charge on any atom is 0.338 e. The Kier molecular flexibility index (Phi) is 3.71. The normalized spacial score (nSPS) is 25.6. The summed E-state index contributed by atoms with van der Waals surface area (Å²) in [5, 5.41) is 12.2. The fraction of sp³-hybridized carbons (Fsp3) is 0.533. The van der Waals surface area contributed by atoms with E-state index in [2.05, 4.69) is 10.2 Å². The Labute approximate surface area is 122 Å². The van der Waals surface area contributed by atoms with Gasteiger partial charge in [0.25, 0.3) is 0 Å². The summed E-state index contributed by atoms with van der Waals surface area (Å²) < 4.78 is 13.8. The Morgan fingerprint density at radius 2 is 2.14 bits per heavy atom. The molecule has 5 nitrogen and oxygen atoms in total. The fourth-order valence-corrected chi connectivity index (χ4v) is 3.49. The van der Waals surface area contributed by atoms with Crippen molar-refractivity contribution < 1.29 is 14.3 Å². The van der Waals surface area contributed by atoms with Crippen LogP contribution in [0.5, 0.6) is 0 Å². The van der Waals surface area contributed by atoms with E-state index in [0.29, 0.717) is 11.7 Å². The summed E-state index contributed by atoms with van der Waals surface area (Å²) in [4.78, 5) is 13.4. The van der Waals surface area contributed by atoms with Gasteiger partial charge in [0.2, 0.25) is 0 Å². The Balaban J connectivity index is 1.79. The number of hydrogen-bond donors (Lipinski definition) is 3. The Morgan fingerprint density at radius 3 is 2.90 bits per heavy atom. The number of fused-ring (bicyclic) bond motifs is 1. The van der Waals surface area contributed by atoms with E-state index in [1.165, 1.54) is 25.0 Å². The number of halogens is 1. The number of nitrogens with two attached hydrogens (primary N) is 1. The molecule has 0 saturated carbocycles. The number of carbonyl (C=O) groups is 1. The topological polar surface area (TPSA) is 78.6 Å². The Hall–Kier alpha value is -1.82. The predicted octanol–water partition coefficient (Wildman–Crippen LogP) is 2.14. The molecule has 114 valence electrons. The number of nitrogens with zero attached hydrogens (tertiary/aromatic N) is 1. The number of piperidine rings is 1. The summed E-state index contributed by atoms with van der Waals surface area (Å²) in [6, 6.07) is 3.11. The maximum absolute atomic E-state index is 13.8. The second-order valence-electron chi connectivity index (χ2n) is 5.86. The number of benzene rings is 1. The molecule has 2 unspecified atom stereocenters. The van der Waals surface area contributed by atoms with Crippen molar-refractivity contribution in [3.05, 3.63) is 23.5 Å². The molecule has 4 N–H and O–H groups in total. The van der Waals surface area contributed by atoms with Crippen LogP contribution in [0.1, 0.15) is 36.0 Å². The van der Waals surface area contributed by atoms with E-state index in [1.807, 2.05) is 0 Å². The van der Waals surface area contributed by atoms with Crippen molar-refractivity contribution in [3.63, 3.8) is 0 Å². The molecule has 2 saturated heterocycles. The van der Waals surface area contributed by atoms with E-state index in [9.17, 15) is 9.18 Å². The van der Waals surface area contributed by atoms with E-state index in [0.717, 1.165) is 25.9 Å². The number of hydrogen-bond acceptors (Lipinski definition) is 4. The highest BCUT2D eigenvalue weighted by atomic mass is 19.1. The molecule has 2 atom stereocenters.